The maximum absolute atomic E-state index is 13.7. The Morgan fingerprint density at radius 3 is 2.69 bits per heavy atom. The molecule has 1 aromatic heterocycles. The van der Waals surface area contributed by atoms with Crippen molar-refractivity contribution in [2.75, 3.05) is 61.8 Å². The third kappa shape index (κ3) is 3.99. The maximum Gasteiger partial charge on any atom is 0.243 e. The van der Waals surface area contributed by atoms with Crippen molar-refractivity contribution in [3.05, 3.63) is 41.7 Å². The van der Waals surface area contributed by atoms with Crippen LogP contribution in [-0.4, -0.2) is 67.1 Å². The monoisotopic (exact) mass is 403 g/mol. The van der Waals surface area contributed by atoms with Crippen LogP contribution in [0, 0.1) is 11.6 Å². The predicted molar refractivity (Wildman–Crippen MR) is 106 cm³/mol. The van der Waals surface area contributed by atoms with E-state index in [4.69, 9.17) is 0 Å². The van der Waals surface area contributed by atoms with Gasteiger partial charge in [0.25, 0.3) is 0 Å². The minimum Gasteiger partial charge on any atom is -0.359 e. The maximum atomic E-state index is 13.7. The number of nitrogens with one attached hydrogen (secondary N) is 3. The van der Waals surface area contributed by atoms with E-state index in [0.29, 0.717) is 50.0 Å². The molecular weight excluding hydrogens is 380 g/mol. The lowest BCUT2D eigenvalue weighted by Gasteiger charge is -2.40. The molecule has 2 aromatic rings. The van der Waals surface area contributed by atoms with E-state index in [2.05, 4.69) is 35.7 Å². The molecule has 10 heteroatoms. The fourth-order valence-electron chi connectivity index (χ4n) is 3.83. The highest BCUT2D eigenvalue weighted by Gasteiger charge is 2.29. The second-order valence-electron chi connectivity index (χ2n) is 7.09. The third-order valence-electron chi connectivity index (χ3n) is 5.29. The van der Waals surface area contributed by atoms with Crippen molar-refractivity contribution in [2.24, 2.45) is 0 Å². The molecule has 1 aromatic carbocycles. The van der Waals surface area contributed by atoms with Crippen molar-refractivity contribution in [3.63, 3.8) is 0 Å². The summed E-state index contributed by atoms with van der Waals surface area (Å²) < 4.78 is 27.1. The van der Waals surface area contributed by atoms with Gasteiger partial charge in [-0.2, -0.15) is 0 Å². The number of nitrogens with zero attached hydrogens (tertiary/aromatic N) is 4. The zero-order valence-corrected chi connectivity index (χ0v) is 16.1. The highest BCUT2D eigenvalue weighted by Crippen LogP contribution is 2.33. The van der Waals surface area contributed by atoms with E-state index in [1.165, 1.54) is 18.5 Å². The number of anilines is 3. The van der Waals surface area contributed by atoms with Crippen molar-refractivity contribution in [3.8, 4) is 0 Å². The Hall–Kier alpha value is -2.85. The number of piperazine rings is 1. The van der Waals surface area contributed by atoms with Gasteiger partial charge in [0.2, 0.25) is 5.91 Å². The molecule has 0 bridgehead atoms. The van der Waals surface area contributed by atoms with E-state index in [-0.39, 0.29) is 18.5 Å². The van der Waals surface area contributed by atoms with E-state index in [1.807, 2.05) is 7.05 Å². The average molecular weight is 403 g/mol. The second-order valence-corrected chi connectivity index (χ2v) is 7.09. The topological polar surface area (TPSA) is 85.4 Å². The van der Waals surface area contributed by atoms with E-state index < -0.39 is 11.6 Å². The number of benzene rings is 1. The van der Waals surface area contributed by atoms with Gasteiger partial charge in [-0.15, -0.1) is 0 Å². The van der Waals surface area contributed by atoms with Gasteiger partial charge in [-0.05, 0) is 24.7 Å². The summed E-state index contributed by atoms with van der Waals surface area (Å²) in [5, 5.41) is 8.98. The first-order chi connectivity index (χ1) is 14.1. The molecule has 3 heterocycles. The highest BCUT2D eigenvalue weighted by atomic mass is 19.2. The molecule has 4 rings (SSSR count). The molecule has 1 atom stereocenters. The lowest BCUT2D eigenvalue weighted by molar-refractivity contribution is -0.114. The van der Waals surface area contributed by atoms with Crippen LogP contribution in [0.2, 0.25) is 0 Å². The molecule has 0 aliphatic carbocycles. The molecule has 1 fully saturated rings. The summed E-state index contributed by atoms with van der Waals surface area (Å²) in [6, 6.07) is 4.00. The summed E-state index contributed by atoms with van der Waals surface area (Å²) in [6.07, 6.45) is 1.48. The Morgan fingerprint density at radius 2 is 1.97 bits per heavy atom. The summed E-state index contributed by atoms with van der Waals surface area (Å²) in [5.74, 6) is -0.497. The molecular formula is C19H23F2N7O. The van der Waals surface area contributed by atoms with Gasteiger partial charge in [-0.1, -0.05) is 6.07 Å². The fourth-order valence-corrected chi connectivity index (χ4v) is 3.83. The minimum atomic E-state index is -0.842. The minimum absolute atomic E-state index is 0.0714. The van der Waals surface area contributed by atoms with Crippen LogP contribution in [0.25, 0.3) is 0 Å². The molecule has 0 radical (unpaired) electrons. The van der Waals surface area contributed by atoms with E-state index >= 15 is 0 Å². The van der Waals surface area contributed by atoms with Gasteiger partial charge in [-0.25, -0.2) is 18.7 Å². The van der Waals surface area contributed by atoms with Crippen molar-refractivity contribution in [2.45, 2.75) is 6.04 Å². The number of rotatable bonds is 5. The van der Waals surface area contributed by atoms with Crippen LogP contribution in [0.1, 0.15) is 11.6 Å². The van der Waals surface area contributed by atoms with Gasteiger partial charge in [0.1, 0.15) is 12.0 Å². The summed E-state index contributed by atoms with van der Waals surface area (Å²) in [6.45, 7) is 3.61. The summed E-state index contributed by atoms with van der Waals surface area (Å²) >= 11 is 0. The summed E-state index contributed by atoms with van der Waals surface area (Å²) in [4.78, 5) is 24.7. The van der Waals surface area contributed by atoms with Crippen molar-refractivity contribution < 1.29 is 13.6 Å². The number of hydrogen-bond acceptors (Lipinski definition) is 7. The molecule has 8 nitrogen and oxygen atoms in total. The fraction of sp³-hybridized carbons (Fsp3) is 0.421. The highest BCUT2D eigenvalue weighted by molar-refractivity contribution is 6.02. The smallest absolute Gasteiger partial charge is 0.243 e. The predicted octanol–water partition coefficient (Wildman–Crippen LogP) is 1.20. The molecule has 1 amide bonds. The summed E-state index contributed by atoms with van der Waals surface area (Å²) in [7, 11) is 1.84. The average Bonchev–Trinajstić information content (AvgIpc) is 2.74. The lowest BCUT2D eigenvalue weighted by Crippen LogP contribution is -2.50. The van der Waals surface area contributed by atoms with Crippen molar-refractivity contribution in [1.29, 1.82) is 0 Å². The number of likely N-dealkylation sites (N-methyl/N-ethyl adjacent to an activating group) is 1. The van der Waals surface area contributed by atoms with Crippen molar-refractivity contribution in [1.82, 2.24) is 20.2 Å². The Labute approximate surface area is 167 Å². The first-order valence-electron chi connectivity index (χ1n) is 9.54. The van der Waals surface area contributed by atoms with Crippen molar-refractivity contribution >= 4 is 23.2 Å². The first kappa shape index (κ1) is 19.5. The van der Waals surface area contributed by atoms with E-state index in [0.717, 1.165) is 5.56 Å². The molecule has 154 valence electrons. The number of aromatic nitrogens is 2. The quantitative estimate of drug-likeness (QED) is 0.692. The first-order valence-corrected chi connectivity index (χ1v) is 9.54. The zero-order chi connectivity index (χ0) is 20.4. The van der Waals surface area contributed by atoms with Gasteiger partial charge in [0.15, 0.2) is 23.3 Å². The van der Waals surface area contributed by atoms with Gasteiger partial charge < -0.3 is 20.9 Å². The van der Waals surface area contributed by atoms with Crippen LogP contribution in [-0.2, 0) is 4.79 Å². The standard InChI is InChI=1S/C19H23F2N7O/c1-22-9-15(12-2-3-13(20)14(21)8-12)27-4-6-28(7-5-27)19-17-18(24-11-25-19)23-10-16(29)26-17/h2-3,8,11,15,22H,4-7,9-10H2,1H3,(H,26,29)(H,23,24,25). The Bertz CT molecular complexity index is 902. The molecule has 2 aliphatic rings. The molecule has 2 aliphatic heterocycles. The third-order valence-corrected chi connectivity index (χ3v) is 5.29. The van der Waals surface area contributed by atoms with Crippen LogP contribution >= 0.6 is 0 Å². The normalized spacial score (nSPS) is 18.0. The van der Waals surface area contributed by atoms with E-state index in [1.54, 1.807) is 6.07 Å². The van der Waals surface area contributed by atoms with Crippen LogP contribution < -0.4 is 20.9 Å². The lowest BCUT2D eigenvalue weighted by atomic mass is 10.0. The number of carbonyl (C=O) groups is 1. The van der Waals surface area contributed by atoms with Gasteiger partial charge in [0, 0.05) is 38.8 Å². The Kier molecular flexibility index (Phi) is 5.54. The zero-order valence-electron chi connectivity index (χ0n) is 16.1. The largest absolute Gasteiger partial charge is 0.359 e. The van der Waals surface area contributed by atoms with E-state index in [9.17, 15) is 13.6 Å². The van der Waals surface area contributed by atoms with Crippen LogP contribution in [0.5, 0.6) is 0 Å². The van der Waals surface area contributed by atoms with Gasteiger partial charge in [-0.3, -0.25) is 9.69 Å². The van der Waals surface area contributed by atoms with Gasteiger partial charge in [0.05, 0.1) is 6.54 Å². The SMILES string of the molecule is CNCC(c1ccc(F)c(F)c1)N1CCN(c2ncnc3c2NC(=O)CN3)CC1. The number of halogens is 2. The summed E-state index contributed by atoms with van der Waals surface area (Å²) in [5.41, 5.74) is 1.34. The number of carbonyl (C=O) groups excluding carboxylic acids is 1. The molecule has 29 heavy (non-hydrogen) atoms. The second kappa shape index (κ2) is 8.26. The van der Waals surface area contributed by atoms with Gasteiger partial charge >= 0.3 is 0 Å². The number of hydrogen-bond donors (Lipinski definition) is 3. The molecule has 3 N–H and O–H groups in total. The molecule has 1 saturated heterocycles. The van der Waals surface area contributed by atoms with Crippen LogP contribution in [0.3, 0.4) is 0 Å². The molecule has 1 unspecified atom stereocenters. The Balaban J connectivity index is 1.50. The Morgan fingerprint density at radius 1 is 1.17 bits per heavy atom. The molecule has 0 saturated carbocycles. The van der Waals surface area contributed by atoms with Crippen LogP contribution in [0.4, 0.5) is 26.1 Å². The number of fused-ring (bicyclic) bond motifs is 1. The number of amides is 1. The van der Waals surface area contributed by atoms with Crippen LogP contribution in [0.15, 0.2) is 24.5 Å². The molecule has 0 spiro atoms.